The number of imide groups is 1. The first kappa shape index (κ1) is 26.7. The van der Waals surface area contributed by atoms with E-state index in [1.807, 2.05) is 56.3 Å². The Bertz CT molecular complexity index is 1390. The highest BCUT2D eigenvalue weighted by molar-refractivity contribution is 14.1. The van der Waals surface area contributed by atoms with Gasteiger partial charge in [0.25, 0.3) is 11.1 Å². The third kappa shape index (κ3) is 6.53. The normalized spacial score (nSPS) is 14.3. The monoisotopic (exact) mass is 628 g/mol. The predicted molar refractivity (Wildman–Crippen MR) is 154 cm³/mol. The number of nitrogens with zero attached hydrogens (tertiary/aromatic N) is 1. The fourth-order valence-electron chi connectivity index (χ4n) is 3.64. The summed E-state index contributed by atoms with van der Waals surface area (Å²) in [4.78, 5) is 39.2. The average Bonchev–Trinajstić information content (AvgIpc) is 3.12. The van der Waals surface area contributed by atoms with E-state index in [-0.39, 0.29) is 11.4 Å². The maximum atomic E-state index is 12.9. The molecule has 190 valence electrons. The molecule has 1 heterocycles. The number of rotatable bonds is 8. The number of carbonyl (C=O) groups excluding carboxylic acids is 3. The van der Waals surface area contributed by atoms with Gasteiger partial charge < -0.3 is 14.8 Å². The summed E-state index contributed by atoms with van der Waals surface area (Å²) in [7, 11) is 1.55. The standard InChI is InChI=1S/C28H25IN2O5S/c1-17-8-10-19(11-9-17)16-36-26-21(29)12-20(13-23(26)35-3)14-24-27(33)31(28(34)37-24)15-25(32)30-22-7-5-4-6-18(22)2/h4-14H,15-16H2,1-3H3,(H,30,32)/b24-14-. The SMILES string of the molecule is COc1cc(/C=C2\SC(=O)N(CC(=O)Nc3ccccc3C)C2=O)cc(I)c1OCc1ccc(C)cc1. The Kier molecular flexibility index (Phi) is 8.55. The Hall–Kier alpha value is -3.31. The van der Waals surface area contributed by atoms with Gasteiger partial charge >= 0.3 is 0 Å². The van der Waals surface area contributed by atoms with Gasteiger partial charge in [0.05, 0.1) is 15.6 Å². The van der Waals surface area contributed by atoms with E-state index in [0.717, 1.165) is 31.4 Å². The largest absolute Gasteiger partial charge is 0.493 e. The number of methoxy groups -OCH3 is 1. The highest BCUT2D eigenvalue weighted by Crippen LogP contribution is 2.37. The summed E-state index contributed by atoms with van der Waals surface area (Å²) in [5.74, 6) is 0.164. The van der Waals surface area contributed by atoms with E-state index in [1.165, 1.54) is 5.56 Å². The molecule has 0 aliphatic carbocycles. The van der Waals surface area contributed by atoms with Gasteiger partial charge in [0.2, 0.25) is 5.91 Å². The molecule has 3 aromatic rings. The van der Waals surface area contributed by atoms with Crippen LogP contribution in [0.4, 0.5) is 10.5 Å². The summed E-state index contributed by atoms with van der Waals surface area (Å²) in [6, 6.07) is 19.0. The summed E-state index contributed by atoms with van der Waals surface area (Å²) in [6.07, 6.45) is 1.62. The summed E-state index contributed by atoms with van der Waals surface area (Å²) >= 11 is 2.96. The van der Waals surface area contributed by atoms with E-state index in [0.29, 0.717) is 29.4 Å². The number of ether oxygens (including phenoxy) is 2. The van der Waals surface area contributed by atoms with Crippen molar-refractivity contribution in [2.24, 2.45) is 0 Å². The van der Waals surface area contributed by atoms with E-state index in [4.69, 9.17) is 9.47 Å². The number of carbonyl (C=O) groups is 3. The van der Waals surface area contributed by atoms with Gasteiger partial charge in [-0.2, -0.15) is 0 Å². The third-order valence-electron chi connectivity index (χ3n) is 5.65. The van der Waals surface area contributed by atoms with Crippen LogP contribution >= 0.6 is 34.4 Å². The quantitative estimate of drug-likeness (QED) is 0.237. The molecule has 0 spiro atoms. The Morgan fingerprint density at radius 3 is 2.51 bits per heavy atom. The predicted octanol–water partition coefficient (Wildman–Crippen LogP) is 6.17. The van der Waals surface area contributed by atoms with Crippen LogP contribution < -0.4 is 14.8 Å². The number of thioether (sulfide) groups is 1. The van der Waals surface area contributed by atoms with Crippen molar-refractivity contribution in [2.75, 3.05) is 19.0 Å². The number of benzene rings is 3. The van der Waals surface area contributed by atoms with Gasteiger partial charge in [0, 0.05) is 5.69 Å². The fraction of sp³-hybridized carbons (Fsp3) is 0.179. The molecule has 7 nitrogen and oxygen atoms in total. The highest BCUT2D eigenvalue weighted by atomic mass is 127. The Balaban J connectivity index is 1.47. The Morgan fingerprint density at radius 2 is 1.81 bits per heavy atom. The first-order valence-electron chi connectivity index (χ1n) is 11.4. The molecule has 37 heavy (non-hydrogen) atoms. The molecule has 0 radical (unpaired) electrons. The van der Waals surface area contributed by atoms with Crippen LogP contribution in [0.15, 0.2) is 65.6 Å². The summed E-state index contributed by atoms with van der Waals surface area (Å²) in [6.45, 7) is 3.93. The van der Waals surface area contributed by atoms with Crippen molar-refractivity contribution in [3.8, 4) is 11.5 Å². The number of anilines is 1. The van der Waals surface area contributed by atoms with Gasteiger partial charge in [0.15, 0.2) is 11.5 Å². The molecule has 3 aromatic carbocycles. The van der Waals surface area contributed by atoms with Crippen LogP contribution in [0, 0.1) is 17.4 Å². The summed E-state index contributed by atoms with van der Waals surface area (Å²) in [5, 5.41) is 2.26. The van der Waals surface area contributed by atoms with Gasteiger partial charge in [-0.25, -0.2) is 0 Å². The van der Waals surface area contributed by atoms with Crippen molar-refractivity contribution < 1.29 is 23.9 Å². The second kappa shape index (κ2) is 11.8. The fourth-order valence-corrected chi connectivity index (χ4v) is 5.26. The van der Waals surface area contributed by atoms with E-state index in [2.05, 4.69) is 27.9 Å². The number of amides is 3. The van der Waals surface area contributed by atoms with E-state index in [9.17, 15) is 14.4 Å². The van der Waals surface area contributed by atoms with Crippen molar-refractivity contribution in [2.45, 2.75) is 20.5 Å². The van der Waals surface area contributed by atoms with Gasteiger partial charge in [0.1, 0.15) is 13.2 Å². The lowest BCUT2D eigenvalue weighted by atomic mass is 10.1. The van der Waals surface area contributed by atoms with Crippen LogP contribution in [0.25, 0.3) is 6.08 Å². The lowest BCUT2D eigenvalue weighted by molar-refractivity contribution is -0.127. The van der Waals surface area contributed by atoms with Crippen molar-refractivity contribution in [1.82, 2.24) is 4.90 Å². The van der Waals surface area contributed by atoms with Crippen LogP contribution in [-0.4, -0.2) is 35.6 Å². The molecule has 1 saturated heterocycles. The molecule has 0 saturated carbocycles. The number of nitrogens with one attached hydrogen (secondary N) is 1. The van der Waals surface area contributed by atoms with E-state index in [1.54, 1.807) is 31.4 Å². The van der Waals surface area contributed by atoms with E-state index < -0.39 is 17.1 Å². The minimum atomic E-state index is -0.511. The number of hydrogen-bond donors (Lipinski definition) is 1. The second-order valence-corrected chi connectivity index (χ2v) is 10.6. The topological polar surface area (TPSA) is 84.9 Å². The second-order valence-electron chi connectivity index (χ2n) is 8.44. The molecule has 1 fully saturated rings. The van der Waals surface area contributed by atoms with Crippen LogP contribution in [0.3, 0.4) is 0 Å². The lowest BCUT2D eigenvalue weighted by Gasteiger charge is -2.14. The average molecular weight is 628 g/mol. The molecule has 1 aliphatic rings. The van der Waals surface area contributed by atoms with Gasteiger partial charge in [-0.3, -0.25) is 19.3 Å². The van der Waals surface area contributed by atoms with Gasteiger partial charge in [-0.05, 0) is 89.2 Å². The maximum Gasteiger partial charge on any atom is 0.294 e. The molecule has 1 N–H and O–H groups in total. The Labute approximate surface area is 233 Å². The van der Waals surface area contributed by atoms with Crippen molar-refractivity contribution >= 4 is 63.2 Å². The first-order chi connectivity index (χ1) is 17.7. The van der Waals surface area contributed by atoms with Crippen molar-refractivity contribution in [3.05, 3.63) is 91.4 Å². The zero-order valence-electron chi connectivity index (χ0n) is 20.5. The first-order valence-corrected chi connectivity index (χ1v) is 13.3. The molecule has 0 bridgehead atoms. The van der Waals surface area contributed by atoms with Crippen LogP contribution in [0.2, 0.25) is 0 Å². The minimum absolute atomic E-state index is 0.236. The maximum absolute atomic E-state index is 12.9. The number of aryl methyl sites for hydroxylation is 2. The molecule has 0 unspecified atom stereocenters. The zero-order chi connectivity index (χ0) is 26.5. The molecule has 3 amide bonds. The lowest BCUT2D eigenvalue weighted by Crippen LogP contribution is -2.36. The van der Waals surface area contributed by atoms with Crippen LogP contribution in [0.1, 0.15) is 22.3 Å². The zero-order valence-corrected chi connectivity index (χ0v) is 23.5. The number of para-hydroxylation sites is 1. The molecular formula is C28H25IN2O5S. The van der Waals surface area contributed by atoms with Crippen molar-refractivity contribution in [1.29, 1.82) is 0 Å². The third-order valence-corrected chi connectivity index (χ3v) is 7.36. The summed E-state index contributed by atoms with van der Waals surface area (Å²) < 4.78 is 12.4. The summed E-state index contributed by atoms with van der Waals surface area (Å²) in [5.41, 5.74) is 4.42. The molecule has 0 aromatic heterocycles. The number of halogens is 1. The minimum Gasteiger partial charge on any atom is -0.493 e. The van der Waals surface area contributed by atoms with Gasteiger partial charge in [-0.15, -0.1) is 0 Å². The molecule has 1 aliphatic heterocycles. The van der Waals surface area contributed by atoms with Crippen LogP contribution in [-0.2, 0) is 16.2 Å². The smallest absolute Gasteiger partial charge is 0.294 e. The van der Waals surface area contributed by atoms with Crippen LogP contribution in [0.5, 0.6) is 11.5 Å². The highest BCUT2D eigenvalue weighted by Gasteiger charge is 2.36. The van der Waals surface area contributed by atoms with E-state index >= 15 is 0 Å². The Morgan fingerprint density at radius 1 is 1.08 bits per heavy atom. The number of hydrogen-bond acceptors (Lipinski definition) is 6. The molecule has 0 atom stereocenters. The van der Waals surface area contributed by atoms with Gasteiger partial charge in [-0.1, -0.05) is 48.0 Å². The van der Waals surface area contributed by atoms with Crippen molar-refractivity contribution in [3.63, 3.8) is 0 Å². The molecule has 9 heteroatoms. The molecule has 4 rings (SSSR count). The molecular weight excluding hydrogens is 603 g/mol.